The van der Waals surface area contributed by atoms with Gasteiger partial charge in [-0.25, -0.2) is 0 Å². The van der Waals surface area contributed by atoms with E-state index < -0.39 is 0 Å². The third kappa shape index (κ3) is 3.98. The third-order valence-electron chi connectivity index (χ3n) is 5.83. The zero-order valence-electron chi connectivity index (χ0n) is 18.0. The van der Waals surface area contributed by atoms with Crippen molar-refractivity contribution in [2.75, 3.05) is 20.3 Å². The van der Waals surface area contributed by atoms with Gasteiger partial charge in [0.15, 0.2) is 0 Å². The highest BCUT2D eigenvalue weighted by atomic mass is 32.2. The average molecular weight is 456 g/mol. The molecular weight excluding hydrogens is 430 g/mol. The fourth-order valence-electron chi connectivity index (χ4n) is 4.27. The lowest BCUT2D eigenvalue weighted by molar-refractivity contribution is -0.122. The second kappa shape index (κ2) is 9.03. The molecule has 0 atom stereocenters. The van der Waals surface area contributed by atoms with E-state index in [-0.39, 0.29) is 11.1 Å². The predicted octanol–water partition coefficient (Wildman–Crippen LogP) is 4.98. The summed E-state index contributed by atoms with van der Waals surface area (Å²) in [6, 6.07) is 4.46. The van der Waals surface area contributed by atoms with Gasteiger partial charge in [-0.1, -0.05) is 0 Å². The maximum atomic E-state index is 12.7. The number of nitriles is 1. The first-order valence-corrected chi connectivity index (χ1v) is 12.1. The number of carbonyl (C=O) groups is 2. The van der Waals surface area contributed by atoms with Crippen LogP contribution >= 0.6 is 23.1 Å². The monoisotopic (exact) mass is 455 g/mol. The number of methoxy groups -OCH3 is 1. The van der Waals surface area contributed by atoms with Crippen molar-refractivity contribution in [2.24, 2.45) is 0 Å². The maximum Gasteiger partial charge on any atom is 0.293 e. The maximum absolute atomic E-state index is 12.7. The molecule has 0 radical (unpaired) electrons. The largest absolute Gasteiger partial charge is 0.385 e. The summed E-state index contributed by atoms with van der Waals surface area (Å²) < 4.78 is 7.14. The van der Waals surface area contributed by atoms with Crippen LogP contribution in [0.25, 0.3) is 11.1 Å². The Morgan fingerprint density at radius 2 is 2.03 bits per heavy atom. The number of carbonyl (C=O) groups excluding carboxylic acids is 2. The van der Waals surface area contributed by atoms with Gasteiger partial charge >= 0.3 is 0 Å². The van der Waals surface area contributed by atoms with Gasteiger partial charge in [-0.3, -0.25) is 14.5 Å². The van der Waals surface area contributed by atoms with E-state index in [0.29, 0.717) is 24.5 Å². The molecule has 31 heavy (non-hydrogen) atoms. The van der Waals surface area contributed by atoms with E-state index in [0.717, 1.165) is 58.5 Å². The Morgan fingerprint density at radius 3 is 2.77 bits per heavy atom. The Balaban J connectivity index is 1.67. The molecule has 8 heteroatoms. The molecule has 1 saturated heterocycles. The normalized spacial score (nSPS) is 17.5. The fraction of sp³-hybridized carbons (Fsp3) is 0.435. The second-order valence-electron chi connectivity index (χ2n) is 7.84. The van der Waals surface area contributed by atoms with Gasteiger partial charge in [0, 0.05) is 36.5 Å². The van der Waals surface area contributed by atoms with Gasteiger partial charge in [-0.2, -0.15) is 5.26 Å². The van der Waals surface area contributed by atoms with Crippen LogP contribution in [0.5, 0.6) is 0 Å². The van der Waals surface area contributed by atoms with Crippen molar-refractivity contribution in [3.8, 4) is 11.1 Å². The molecule has 0 unspecified atom stereocenters. The summed E-state index contributed by atoms with van der Waals surface area (Å²) in [7, 11) is 1.60. The Kier molecular flexibility index (Phi) is 6.37. The van der Waals surface area contributed by atoms with Crippen LogP contribution < -0.4 is 0 Å². The van der Waals surface area contributed by atoms with Gasteiger partial charge in [0.05, 0.1) is 10.5 Å². The molecule has 2 aliphatic rings. The Hall–Kier alpha value is -2.34. The number of aromatic nitrogens is 1. The van der Waals surface area contributed by atoms with Crippen LogP contribution in [0.15, 0.2) is 11.0 Å². The molecular formula is C23H25N3O3S2. The summed E-state index contributed by atoms with van der Waals surface area (Å²) >= 11 is 2.69. The first kappa shape index (κ1) is 21.9. The number of thiophene rings is 1. The molecule has 1 aliphatic heterocycles. The van der Waals surface area contributed by atoms with E-state index in [4.69, 9.17) is 4.74 Å². The van der Waals surface area contributed by atoms with Crippen molar-refractivity contribution < 1.29 is 14.3 Å². The van der Waals surface area contributed by atoms with Gasteiger partial charge in [0.25, 0.3) is 11.1 Å². The van der Waals surface area contributed by atoms with Crippen molar-refractivity contribution in [2.45, 2.75) is 46.0 Å². The average Bonchev–Trinajstić information content (AvgIpc) is 3.34. The van der Waals surface area contributed by atoms with Gasteiger partial charge < -0.3 is 9.30 Å². The van der Waals surface area contributed by atoms with Crippen LogP contribution in [0.1, 0.15) is 52.2 Å². The van der Waals surface area contributed by atoms with Gasteiger partial charge in [-0.05, 0) is 81.0 Å². The molecule has 1 aliphatic carbocycles. The molecule has 0 aromatic carbocycles. The van der Waals surface area contributed by atoms with E-state index >= 15 is 0 Å². The minimum atomic E-state index is -0.250. The minimum Gasteiger partial charge on any atom is -0.385 e. The van der Waals surface area contributed by atoms with E-state index in [1.165, 1.54) is 21.8 Å². The molecule has 2 aromatic heterocycles. The minimum absolute atomic E-state index is 0.237. The Bertz CT molecular complexity index is 1120. The van der Waals surface area contributed by atoms with Crippen molar-refractivity contribution in [1.82, 2.24) is 9.47 Å². The van der Waals surface area contributed by atoms with Crippen molar-refractivity contribution >= 4 is 40.3 Å². The van der Waals surface area contributed by atoms with Crippen LogP contribution in [0.2, 0.25) is 0 Å². The second-order valence-corrected chi connectivity index (χ2v) is 9.92. The number of rotatable bonds is 6. The number of fused-ring (bicyclic) bond motifs is 1. The SMILES string of the molecule is COCCCN1C(=O)S/C(=C/c2cc(C)n(-c3sc4c(c3C#N)CCCC4)c2C)C1=O. The number of hydrogen-bond acceptors (Lipinski definition) is 6. The molecule has 6 nitrogen and oxygen atoms in total. The van der Waals surface area contributed by atoms with Crippen molar-refractivity contribution in [1.29, 1.82) is 5.26 Å². The lowest BCUT2D eigenvalue weighted by Gasteiger charge is -2.11. The lowest BCUT2D eigenvalue weighted by atomic mass is 9.96. The van der Waals surface area contributed by atoms with Gasteiger partial charge in [0.2, 0.25) is 0 Å². The highest BCUT2D eigenvalue weighted by Gasteiger charge is 2.35. The number of amides is 2. The van der Waals surface area contributed by atoms with E-state index in [9.17, 15) is 14.9 Å². The van der Waals surface area contributed by atoms with Crippen LogP contribution in [0, 0.1) is 25.2 Å². The first-order valence-electron chi connectivity index (χ1n) is 10.4. The predicted molar refractivity (Wildman–Crippen MR) is 124 cm³/mol. The molecule has 0 bridgehead atoms. The molecule has 2 aromatic rings. The van der Waals surface area contributed by atoms with Gasteiger partial charge in [-0.15, -0.1) is 11.3 Å². The zero-order valence-corrected chi connectivity index (χ0v) is 19.6. The first-order chi connectivity index (χ1) is 15.0. The molecule has 3 heterocycles. The summed E-state index contributed by atoms with van der Waals surface area (Å²) in [5, 5.41) is 10.6. The number of aryl methyl sites for hydroxylation is 2. The number of hydrogen-bond donors (Lipinski definition) is 0. The topological polar surface area (TPSA) is 75.3 Å². The number of nitrogens with zero attached hydrogens (tertiary/aromatic N) is 3. The highest BCUT2D eigenvalue weighted by Crippen LogP contribution is 2.39. The molecule has 2 amide bonds. The quantitative estimate of drug-likeness (QED) is 0.454. The molecule has 162 valence electrons. The van der Waals surface area contributed by atoms with Crippen LogP contribution in [-0.4, -0.2) is 40.9 Å². The summed E-state index contributed by atoms with van der Waals surface area (Å²) in [5.74, 6) is -0.250. The third-order valence-corrected chi connectivity index (χ3v) is 8.01. The molecule has 0 saturated carbocycles. The van der Waals surface area contributed by atoms with Crippen molar-refractivity contribution in [3.05, 3.63) is 43.9 Å². The Morgan fingerprint density at radius 1 is 1.26 bits per heavy atom. The summed E-state index contributed by atoms with van der Waals surface area (Å²) in [6.07, 6.45) is 6.74. The Labute approximate surface area is 190 Å². The standard InChI is InChI=1S/C23H25N3O3S2/c1-14-11-16(12-20-21(27)25(23(28)31-20)9-6-10-29-3)15(2)26(14)22-18(13-24)17-7-4-5-8-19(17)30-22/h11-12H,4-10H2,1-3H3/b20-12+. The van der Waals surface area contributed by atoms with Crippen LogP contribution in [0.3, 0.4) is 0 Å². The number of imide groups is 1. The number of ether oxygens (including phenoxy) is 1. The van der Waals surface area contributed by atoms with E-state index in [1.54, 1.807) is 24.5 Å². The van der Waals surface area contributed by atoms with Crippen LogP contribution in [-0.2, 0) is 22.4 Å². The van der Waals surface area contributed by atoms with Crippen molar-refractivity contribution in [3.63, 3.8) is 0 Å². The summed E-state index contributed by atoms with van der Waals surface area (Å²) in [6.45, 7) is 4.89. The molecule has 0 spiro atoms. The van der Waals surface area contributed by atoms with Gasteiger partial charge in [0.1, 0.15) is 11.1 Å². The smallest absolute Gasteiger partial charge is 0.293 e. The summed E-state index contributed by atoms with van der Waals surface area (Å²) in [4.78, 5) is 28.1. The number of thioether (sulfide) groups is 1. The molecule has 1 fully saturated rings. The summed E-state index contributed by atoms with van der Waals surface area (Å²) in [5.41, 5.74) is 4.87. The van der Waals surface area contributed by atoms with Crippen LogP contribution in [0.4, 0.5) is 4.79 Å². The van der Waals surface area contributed by atoms with E-state index in [2.05, 4.69) is 10.6 Å². The molecule has 4 rings (SSSR count). The highest BCUT2D eigenvalue weighted by molar-refractivity contribution is 8.18. The molecule has 0 N–H and O–H groups in total. The van der Waals surface area contributed by atoms with E-state index in [1.807, 2.05) is 19.9 Å². The zero-order chi connectivity index (χ0) is 22.1. The fourth-order valence-corrected chi connectivity index (χ4v) is 6.58. The lowest BCUT2D eigenvalue weighted by Crippen LogP contribution is -2.29.